The summed E-state index contributed by atoms with van der Waals surface area (Å²) in [6.45, 7) is 6.74. The third-order valence-corrected chi connectivity index (χ3v) is 4.40. The van der Waals surface area contributed by atoms with Gasteiger partial charge in [-0.3, -0.25) is 4.40 Å². The Morgan fingerprint density at radius 1 is 1.16 bits per heavy atom. The zero-order chi connectivity index (χ0) is 17.4. The standard InChI is InChI=1S/C20H17ClN4/c1-13(22-11-15-6-5-7-16(21)10-15)18-12-25-19-9-4-3-8-17(19)24-20(25)14(2)23-18/h3-10,12,22H,1,11H2,2H3. The number of hydrogen-bond acceptors (Lipinski definition) is 3. The monoisotopic (exact) mass is 348 g/mol. The second-order valence-corrected chi connectivity index (χ2v) is 6.40. The molecule has 0 aliphatic heterocycles. The van der Waals surface area contributed by atoms with Crippen LogP contribution in [-0.4, -0.2) is 14.4 Å². The van der Waals surface area contributed by atoms with Gasteiger partial charge in [0.2, 0.25) is 0 Å². The molecule has 0 aliphatic rings. The van der Waals surface area contributed by atoms with Gasteiger partial charge in [0.25, 0.3) is 0 Å². The molecule has 0 amide bonds. The van der Waals surface area contributed by atoms with Crippen molar-refractivity contribution in [2.24, 2.45) is 0 Å². The number of hydrogen-bond donors (Lipinski definition) is 1. The fourth-order valence-corrected chi connectivity index (χ4v) is 3.12. The van der Waals surface area contributed by atoms with Crippen LogP contribution in [0.25, 0.3) is 22.4 Å². The van der Waals surface area contributed by atoms with Gasteiger partial charge in [-0.2, -0.15) is 0 Å². The van der Waals surface area contributed by atoms with Crippen LogP contribution < -0.4 is 5.32 Å². The molecule has 4 aromatic rings. The van der Waals surface area contributed by atoms with Gasteiger partial charge < -0.3 is 5.32 Å². The fraction of sp³-hybridized carbons (Fsp3) is 0.100. The molecule has 0 atom stereocenters. The summed E-state index contributed by atoms with van der Waals surface area (Å²) in [7, 11) is 0. The minimum atomic E-state index is 0.642. The topological polar surface area (TPSA) is 42.2 Å². The van der Waals surface area contributed by atoms with Crippen LogP contribution in [0.15, 0.2) is 61.3 Å². The molecule has 25 heavy (non-hydrogen) atoms. The first-order valence-corrected chi connectivity index (χ1v) is 8.41. The van der Waals surface area contributed by atoms with Crippen LogP contribution in [-0.2, 0) is 6.54 Å². The van der Waals surface area contributed by atoms with E-state index in [1.165, 1.54) is 0 Å². The van der Waals surface area contributed by atoms with E-state index in [1.807, 2.05) is 55.6 Å². The summed E-state index contributed by atoms with van der Waals surface area (Å²) in [5.74, 6) is 0. The third kappa shape index (κ3) is 2.96. The summed E-state index contributed by atoms with van der Waals surface area (Å²) in [5.41, 5.74) is 6.43. The summed E-state index contributed by atoms with van der Waals surface area (Å²) in [4.78, 5) is 9.31. The average Bonchev–Trinajstić information content (AvgIpc) is 2.99. The molecule has 4 nitrogen and oxygen atoms in total. The molecular formula is C20H17ClN4. The van der Waals surface area contributed by atoms with Crippen molar-refractivity contribution in [2.45, 2.75) is 13.5 Å². The van der Waals surface area contributed by atoms with Crippen LogP contribution in [0.5, 0.6) is 0 Å². The van der Waals surface area contributed by atoms with E-state index < -0.39 is 0 Å². The molecule has 0 radical (unpaired) electrons. The highest BCUT2D eigenvalue weighted by atomic mass is 35.5. The summed E-state index contributed by atoms with van der Waals surface area (Å²) in [6, 6.07) is 15.8. The number of aromatic nitrogens is 3. The van der Waals surface area contributed by atoms with Crippen molar-refractivity contribution in [3.63, 3.8) is 0 Å². The molecule has 0 bridgehead atoms. The van der Waals surface area contributed by atoms with Gasteiger partial charge in [-0.25, -0.2) is 9.97 Å². The maximum Gasteiger partial charge on any atom is 0.159 e. The lowest BCUT2D eigenvalue weighted by molar-refractivity contribution is 0.879. The van der Waals surface area contributed by atoms with Gasteiger partial charge in [0.15, 0.2) is 5.65 Å². The Hall–Kier alpha value is -2.85. The zero-order valence-corrected chi connectivity index (χ0v) is 14.6. The SMILES string of the molecule is C=C(NCc1cccc(Cl)c1)c1cn2c(nc3ccccc32)c(C)n1. The maximum absolute atomic E-state index is 6.03. The zero-order valence-electron chi connectivity index (χ0n) is 13.8. The number of halogens is 1. The van der Waals surface area contributed by atoms with E-state index in [4.69, 9.17) is 11.6 Å². The number of para-hydroxylation sites is 2. The summed E-state index contributed by atoms with van der Waals surface area (Å²) < 4.78 is 2.07. The quantitative estimate of drug-likeness (QED) is 0.586. The van der Waals surface area contributed by atoms with Crippen molar-refractivity contribution < 1.29 is 0 Å². The highest BCUT2D eigenvalue weighted by Crippen LogP contribution is 2.20. The Balaban J connectivity index is 1.66. The molecule has 4 rings (SSSR count). The van der Waals surface area contributed by atoms with Gasteiger partial charge >= 0.3 is 0 Å². The molecule has 0 saturated heterocycles. The van der Waals surface area contributed by atoms with Crippen LogP contribution in [0.1, 0.15) is 17.0 Å². The first-order chi connectivity index (χ1) is 12.1. The van der Waals surface area contributed by atoms with Crippen LogP contribution in [0.3, 0.4) is 0 Å². The van der Waals surface area contributed by atoms with Crippen LogP contribution >= 0.6 is 11.6 Å². The molecule has 124 valence electrons. The number of imidazole rings is 1. The van der Waals surface area contributed by atoms with E-state index >= 15 is 0 Å². The van der Waals surface area contributed by atoms with E-state index in [0.717, 1.165) is 44.4 Å². The molecule has 0 fully saturated rings. The van der Waals surface area contributed by atoms with Crippen LogP contribution in [0.4, 0.5) is 0 Å². The Bertz CT molecular complexity index is 1100. The first-order valence-electron chi connectivity index (χ1n) is 8.04. The Kier molecular flexibility index (Phi) is 3.90. The molecule has 1 N–H and O–H groups in total. The minimum absolute atomic E-state index is 0.642. The molecule has 5 heteroatoms. The average molecular weight is 349 g/mol. The lowest BCUT2D eigenvalue weighted by Crippen LogP contribution is -2.13. The molecular weight excluding hydrogens is 332 g/mol. The van der Waals surface area contributed by atoms with Gasteiger partial charge in [-0.15, -0.1) is 0 Å². The Morgan fingerprint density at radius 3 is 2.84 bits per heavy atom. The van der Waals surface area contributed by atoms with Crippen LogP contribution in [0.2, 0.25) is 5.02 Å². The molecule has 0 aliphatic carbocycles. The molecule has 0 spiro atoms. The number of fused-ring (bicyclic) bond motifs is 3. The first kappa shape index (κ1) is 15.7. The van der Waals surface area contributed by atoms with E-state index in [0.29, 0.717) is 6.54 Å². The highest BCUT2D eigenvalue weighted by Gasteiger charge is 2.10. The van der Waals surface area contributed by atoms with Gasteiger partial charge in [0, 0.05) is 17.8 Å². The van der Waals surface area contributed by atoms with Crippen molar-refractivity contribution >= 4 is 34.0 Å². The van der Waals surface area contributed by atoms with Crippen molar-refractivity contribution in [1.29, 1.82) is 0 Å². The number of aryl methyl sites for hydroxylation is 1. The molecule has 2 heterocycles. The second kappa shape index (κ2) is 6.22. The third-order valence-electron chi connectivity index (χ3n) is 4.16. The van der Waals surface area contributed by atoms with Crippen molar-refractivity contribution in [3.05, 3.63) is 83.3 Å². The molecule has 0 unspecified atom stereocenters. The summed E-state index contributed by atoms with van der Waals surface area (Å²) in [6.07, 6.45) is 1.98. The van der Waals surface area contributed by atoms with E-state index in [2.05, 4.69) is 32.3 Å². The maximum atomic E-state index is 6.03. The van der Waals surface area contributed by atoms with Crippen molar-refractivity contribution in [2.75, 3.05) is 0 Å². The lowest BCUT2D eigenvalue weighted by Gasteiger charge is -2.11. The van der Waals surface area contributed by atoms with E-state index in [9.17, 15) is 0 Å². The molecule has 0 saturated carbocycles. The normalized spacial score (nSPS) is 11.1. The lowest BCUT2D eigenvalue weighted by atomic mass is 10.2. The number of benzene rings is 2. The van der Waals surface area contributed by atoms with Crippen molar-refractivity contribution in [3.8, 4) is 0 Å². The predicted molar refractivity (Wildman–Crippen MR) is 103 cm³/mol. The molecule has 2 aromatic heterocycles. The summed E-state index contributed by atoms with van der Waals surface area (Å²) in [5, 5.41) is 4.05. The largest absolute Gasteiger partial charge is 0.380 e. The Labute approximate surface area is 150 Å². The second-order valence-electron chi connectivity index (χ2n) is 5.97. The summed E-state index contributed by atoms with van der Waals surface area (Å²) >= 11 is 6.03. The fourth-order valence-electron chi connectivity index (χ4n) is 2.90. The molecule has 2 aromatic carbocycles. The van der Waals surface area contributed by atoms with Gasteiger partial charge in [-0.05, 0) is 36.8 Å². The van der Waals surface area contributed by atoms with E-state index in [-0.39, 0.29) is 0 Å². The van der Waals surface area contributed by atoms with Gasteiger partial charge in [0.1, 0.15) is 5.69 Å². The Morgan fingerprint density at radius 2 is 2.00 bits per heavy atom. The van der Waals surface area contributed by atoms with Crippen molar-refractivity contribution in [1.82, 2.24) is 19.7 Å². The highest BCUT2D eigenvalue weighted by molar-refractivity contribution is 6.30. The smallest absolute Gasteiger partial charge is 0.159 e. The number of nitrogens with one attached hydrogen (secondary N) is 1. The number of rotatable bonds is 4. The van der Waals surface area contributed by atoms with Gasteiger partial charge in [-0.1, -0.05) is 42.4 Å². The van der Waals surface area contributed by atoms with Gasteiger partial charge in [0.05, 0.1) is 22.4 Å². The van der Waals surface area contributed by atoms with Crippen LogP contribution in [0, 0.1) is 6.92 Å². The van der Waals surface area contributed by atoms with E-state index in [1.54, 1.807) is 0 Å². The minimum Gasteiger partial charge on any atom is -0.380 e. The number of nitrogens with zero attached hydrogens (tertiary/aromatic N) is 3. The predicted octanol–water partition coefficient (Wildman–Crippen LogP) is 4.60.